The molecule has 0 aliphatic rings. The molecule has 1 heterocycles. The number of nitrogens with zero attached hydrogens (tertiary/aromatic N) is 1. The summed E-state index contributed by atoms with van der Waals surface area (Å²) in [4.78, 5) is 16.0. The van der Waals surface area contributed by atoms with Gasteiger partial charge in [0, 0.05) is 12.6 Å². The maximum Gasteiger partial charge on any atom is 0.270 e. The molecular formula is C18H23N3O2. The Morgan fingerprint density at radius 1 is 1.26 bits per heavy atom. The number of nitrogens with one attached hydrogen (secondary N) is 2. The summed E-state index contributed by atoms with van der Waals surface area (Å²) in [5.74, 6) is 0.715. The number of ether oxygens (including phenoxy) is 1. The molecule has 1 amide bonds. The first-order valence-electron chi connectivity index (χ1n) is 7.72. The van der Waals surface area contributed by atoms with E-state index in [4.69, 9.17) is 4.74 Å². The van der Waals surface area contributed by atoms with Crippen LogP contribution in [0.25, 0.3) is 0 Å². The summed E-state index contributed by atoms with van der Waals surface area (Å²) < 4.78 is 5.21. The molecule has 5 heteroatoms. The van der Waals surface area contributed by atoms with E-state index in [2.05, 4.69) is 21.7 Å². The molecular weight excluding hydrogens is 290 g/mol. The van der Waals surface area contributed by atoms with Gasteiger partial charge in [0.15, 0.2) is 0 Å². The van der Waals surface area contributed by atoms with Gasteiger partial charge in [0.05, 0.1) is 19.0 Å². The summed E-state index contributed by atoms with van der Waals surface area (Å²) in [5.41, 5.74) is 2.53. The van der Waals surface area contributed by atoms with Crippen LogP contribution in [0.4, 0.5) is 5.69 Å². The maximum atomic E-state index is 11.8. The van der Waals surface area contributed by atoms with E-state index in [0.717, 1.165) is 24.4 Å². The van der Waals surface area contributed by atoms with Crippen LogP contribution in [-0.4, -0.2) is 30.6 Å². The van der Waals surface area contributed by atoms with Crippen molar-refractivity contribution in [1.82, 2.24) is 10.3 Å². The van der Waals surface area contributed by atoms with Crippen molar-refractivity contribution in [3.63, 3.8) is 0 Å². The molecule has 0 unspecified atom stereocenters. The van der Waals surface area contributed by atoms with Crippen LogP contribution < -0.4 is 15.4 Å². The topological polar surface area (TPSA) is 63.2 Å². The molecule has 0 saturated carbocycles. The summed E-state index contributed by atoms with van der Waals surface area (Å²) in [5, 5.41) is 6.12. The third-order valence-corrected chi connectivity index (χ3v) is 3.29. The first-order chi connectivity index (χ1) is 11.1. The van der Waals surface area contributed by atoms with Crippen LogP contribution in [0.2, 0.25) is 0 Å². The van der Waals surface area contributed by atoms with Gasteiger partial charge in [0.1, 0.15) is 11.4 Å². The van der Waals surface area contributed by atoms with Gasteiger partial charge < -0.3 is 15.4 Å². The van der Waals surface area contributed by atoms with Crippen molar-refractivity contribution in [3.05, 3.63) is 53.9 Å². The zero-order chi connectivity index (χ0) is 16.7. The number of methoxy groups -OCH3 is 1. The molecule has 1 aromatic heterocycles. The number of carbonyl (C=O) groups excluding carboxylic acids is 1. The van der Waals surface area contributed by atoms with Gasteiger partial charge in [-0.3, -0.25) is 4.79 Å². The number of carbonyl (C=O) groups is 1. The number of rotatable bonds is 7. The highest BCUT2D eigenvalue weighted by molar-refractivity contribution is 5.92. The monoisotopic (exact) mass is 313 g/mol. The van der Waals surface area contributed by atoms with Crippen LogP contribution in [0, 0.1) is 0 Å². The van der Waals surface area contributed by atoms with Crippen molar-refractivity contribution in [1.29, 1.82) is 0 Å². The predicted octanol–water partition coefficient (Wildman–Crippen LogP) is 2.88. The summed E-state index contributed by atoms with van der Waals surface area (Å²) in [6.07, 6.45) is 2.56. The van der Waals surface area contributed by atoms with Crippen molar-refractivity contribution >= 4 is 11.6 Å². The summed E-state index contributed by atoms with van der Waals surface area (Å²) >= 11 is 0. The Bertz CT molecular complexity index is 639. The fourth-order valence-electron chi connectivity index (χ4n) is 2.15. The van der Waals surface area contributed by atoms with E-state index in [1.807, 2.05) is 38.1 Å². The quantitative estimate of drug-likeness (QED) is 0.825. The van der Waals surface area contributed by atoms with Gasteiger partial charge in [-0.15, -0.1) is 0 Å². The lowest BCUT2D eigenvalue weighted by molar-refractivity contribution is 0.0938. The number of pyridine rings is 1. The Morgan fingerprint density at radius 3 is 2.74 bits per heavy atom. The maximum absolute atomic E-state index is 11.8. The van der Waals surface area contributed by atoms with Crippen molar-refractivity contribution in [2.45, 2.75) is 26.3 Å². The smallest absolute Gasteiger partial charge is 0.270 e. The summed E-state index contributed by atoms with van der Waals surface area (Å²) in [6, 6.07) is 11.7. The molecule has 1 aromatic carbocycles. The number of amides is 1. The normalized spacial score (nSPS) is 10.4. The molecule has 0 aliphatic carbocycles. The van der Waals surface area contributed by atoms with Crippen molar-refractivity contribution < 1.29 is 9.53 Å². The minimum absolute atomic E-state index is 0.102. The van der Waals surface area contributed by atoms with Crippen LogP contribution >= 0.6 is 0 Å². The number of aromatic nitrogens is 1. The Hall–Kier alpha value is -2.56. The van der Waals surface area contributed by atoms with Gasteiger partial charge in [-0.05, 0) is 50.1 Å². The van der Waals surface area contributed by atoms with E-state index in [9.17, 15) is 4.79 Å². The van der Waals surface area contributed by atoms with Crippen LogP contribution in [-0.2, 0) is 6.42 Å². The number of hydrogen-bond donors (Lipinski definition) is 2. The first-order valence-corrected chi connectivity index (χ1v) is 7.72. The highest BCUT2D eigenvalue weighted by Crippen LogP contribution is 2.13. The van der Waals surface area contributed by atoms with E-state index in [0.29, 0.717) is 5.69 Å². The van der Waals surface area contributed by atoms with Gasteiger partial charge in [-0.2, -0.15) is 0 Å². The average Bonchev–Trinajstić information content (AvgIpc) is 2.55. The lowest BCUT2D eigenvalue weighted by Crippen LogP contribution is -2.30. The second-order valence-corrected chi connectivity index (χ2v) is 5.59. The highest BCUT2D eigenvalue weighted by Gasteiger charge is 2.07. The Balaban J connectivity index is 1.85. The van der Waals surface area contributed by atoms with Crippen molar-refractivity contribution in [3.8, 4) is 5.75 Å². The molecule has 0 bridgehead atoms. The van der Waals surface area contributed by atoms with E-state index in [-0.39, 0.29) is 11.9 Å². The van der Waals surface area contributed by atoms with E-state index >= 15 is 0 Å². The molecule has 122 valence electrons. The van der Waals surface area contributed by atoms with Crippen LogP contribution in [0.5, 0.6) is 5.75 Å². The van der Waals surface area contributed by atoms with E-state index in [1.54, 1.807) is 19.4 Å². The van der Waals surface area contributed by atoms with Gasteiger partial charge in [-0.1, -0.05) is 12.1 Å². The average molecular weight is 313 g/mol. The fraction of sp³-hybridized carbons (Fsp3) is 0.333. The second-order valence-electron chi connectivity index (χ2n) is 5.59. The Kier molecular flexibility index (Phi) is 5.97. The van der Waals surface area contributed by atoms with Crippen molar-refractivity contribution in [2.24, 2.45) is 0 Å². The van der Waals surface area contributed by atoms with E-state index in [1.165, 1.54) is 5.56 Å². The molecule has 0 atom stereocenters. The predicted molar refractivity (Wildman–Crippen MR) is 92.0 cm³/mol. The molecule has 0 spiro atoms. The van der Waals surface area contributed by atoms with Gasteiger partial charge in [0.2, 0.25) is 0 Å². The van der Waals surface area contributed by atoms with Crippen LogP contribution in [0.3, 0.4) is 0 Å². The van der Waals surface area contributed by atoms with Crippen LogP contribution in [0.15, 0.2) is 42.6 Å². The van der Waals surface area contributed by atoms with Gasteiger partial charge >= 0.3 is 0 Å². The molecule has 5 nitrogen and oxygen atoms in total. The van der Waals surface area contributed by atoms with E-state index < -0.39 is 0 Å². The number of hydrogen-bond acceptors (Lipinski definition) is 4. The zero-order valence-electron chi connectivity index (χ0n) is 13.8. The molecule has 2 aromatic rings. The second kappa shape index (κ2) is 8.17. The van der Waals surface area contributed by atoms with Gasteiger partial charge in [-0.25, -0.2) is 4.98 Å². The molecule has 0 aliphatic heterocycles. The Labute approximate surface area is 137 Å². The largest absolute Gasteiger partial charge is 0.497 e. The molecule has 0 radical (unpaired) electrons. The number of anilines is 1. The summed E-state index contributed by atoms with van der Waals surface area (Å²) in [6.45, 7) is 4.63. The zero-order valence-corrected chi connectivity index (χ0v) is 13.8. The molecule has 2 rings (SSSR count). The lowest BCUT2D eigenvalue weighted by atomic mass is 10.1. The minimum atomic E-state index is -0.150. The van der Waals surface area contributed by atoms with Gasteiger partial charge in [0.25, 0.3) is 5.91 Å². The molecule has 2 N–H and O–H groups in total. The lowest BCUT2D eigenvalue weighted by Gasteiger charge is -2.09. The molecule has 23 heavy (non-hydrogen) atoms. The highest BCUT2D eigenvalue weighted by atomic mass is 16.5. The molecule has 0 saturated heterocycles. The third kappa shape index (κ3) is 5.29. The minimum Gasteiger partial charge on any atom is -0.497 e. The van der Waals surface area contributed by atoms with Crippen LogP contribution in [0.1, 0.15) is 29.9 Å². The van der Waals surface area contributed by atoms with Crippen molar-refractivity contribution in [2.75, 3.05) is 19.0 Å². The first kappa shape index (κ1) is 16.8. The standard InChI is InChI=1S/C18H23N3O2/c1-13(2)21-18(22)17-8-7-15(12-20-17)19-10-9-14-5-4-6-16(11-14)23-3/h4-8,11-13,19H,9-10H2,1-3H3,(H,21,22). The summed E-state index contributed by atoms with van der Waals surface area (Å²) in [7, 11) is 1.67. The number of benzene rings is 1. The third-order valence-electron chi connectivity index (χ3n) is 3.29. The Morgan fingerprint density at radius 2 is 2.09 bits per heavy atom. The molecule has 0 fully saturated rings. The fourth-order valence-corrected chi connectivity index (χ4v) is 2.15. The SMILES string of the molecule is COc1cccc(CCNc2ccc(C(=O)NC(C)C)nc2)c1.